The topological polar surface area (TPSA) is 95.7 Å². The van der Waals surface area contributed by atoms with Gasteiger partial charge in [0.2, 0.25) is 0 Å². The smallest absolute Gasteiger partial charge is 0.339 e. The van der Waals surface area contributed by atoms with E-state index in [1.165, 1.54) is 25.3 Å². The van der Waals surface area contributed by atoms with Gasteiger partial charge in [-0.3, -0.25) is 10.1 Å². The molecule has 2 aromatic rings. The van der Waals surface area contributed by atoms with Crippen LogP contribution in [0.4, 0.5) is 5.69 Å². The molecule has 0 atom stereocenters. The number of aryl methyl sites for hydroxylation is 1. The first kappa shape index (κ1) is 19.5. The molecular weight excluding hydrogens is 358 g/mol. The molecule has 0 amide bonds. The number of methoxy groups -OCH3 is 1. The summed E-state index contributed by atoms with van der Waals surface area (Å²) in [6.45, 7) is 5.41. The Morgan fingerprint density at radius 2 is 1.92 bits per heavy atom. The summed E-state index contributed by atoms with van der Waals surface area (Å²) in [5, 5.41) is 11.0. The summed E-state index contributed by atoms with van der Waals surface area (Å²) in [6.07, 6.45) is 2.68. The highest BCUT2D eigenvalue weighted by Crippen LogP contribution is 2.32. The third-order valence-corrected chi connectivity index (χ3v) is 5.04. The van der Waals surface area contributed by atoms with Crippen LogP contribution in [0.2, 0.25) is 0 Å². The summed E-state index contributed by atoms with van der Waals surface area (Å²) in [5.41, 5.74) is 0.988. The van der Waals surface area contributed by atoms with E-state index in [-0.39, 0.29) is 22.1 Å². The number of rotatable bonds is 8. The maximum atomic E-state index is 12.7. The maximum Gasteiger partial charge on any atom is 0.339 e. The number of benzene rings is 2. The second-order valence-electron chi connectivity index (χ2n) is 5.42. The van der Waals surface area contributed by atoms with Crippen molar-refractivity contribution in [2.24, 2.45) is 0 Å². The van der Waals surface area contributed by atoms with Crippen molar-refractivity contribution in [1.82, 2.24) is 0 Å². The van der Waals surface area contributed by atoms with Gasteiger partial charge in [-0.2, -0.15) is 8.42 Å². The zero-order valence-electron chi connectivity index (χ0n) is 14.5. The molecule has 0 aliphatic rings. The highest BCUT2D eigenvalue weighted by molar-refractivity contribution is 7.87. The van der Waals surface area contributed by atoms with E-state index in [1.54, 1.807) is 25.1 Å². The van der Waals surface area contributed by atoms with E-state index in [2.05, 4.69) is 6.58 Å². The van der Waals surface area contributed by atoms with E-state index in [1.807, 2.05) is 0 Å². The van der Waals surface area contributed by atoms with Gasteiger partial charge < -0.3 is 8.92 Å². The van der Waals surface area contributed by atoms with Crippen molar-refractivity contribution in [3.05, 3.63) is 70.3 Å². The van der Waals surface area contributed by atoms with Gasteiger partial charge in [-0.1, -0.05) is 25.1 Å². The van der Waals surface area contributed by atoms with Crippen molar-refractivity contribution in [3.8, 4) is 11.5 Å². The lowest BCUT2D eigenvalue weighted by atomic mass is 10.1. The monoisotopic (exact) mass is 377 g/mol. The molecule has 0 bridgehead atoms. The summed E-state index contributed by atoms with van der Waals surface area (Å²) < 4.78 is 35.9. The Kier molecular flexibility index (Phi) is 5.99. The lowest BCUT2D eigenvalue weighted by molar-refractivity contribution is -0.385. The van der Waals surface area contributed by atoms with Gasteiger partial charge in [0.15, 0.2) is 11.5 Å². The molecule has 8 heteroatoms. The zero-order chi connectivity index (χ0) is 19.3. The number of allylic oxidation sites excluding steroid dienone is 1. The van der Waals surface area contributed by atoms with Crippen LogP contribution in [0, 0.1) is 10.1 Å². The minimum atomic E-state index is -4.27. The highest BCUT2D eigenvalue weighted by Gasteiger charge is 2.25. The first-order valence-electron chi connectivity index (χ1n) is 7.82. The van der Waals surface area contributed by atoms with Gasteiger partial charge in [0.25, 0.3) is 5.69 Å². The highest BCUT2D eigenvalue weighted by atomic mass is 32.2. The number of nitrogens with zero attached hydrogens (tertiary/aromatic N) is 1. The van der Waals surface area contributed by atoms with Gasteiger partial charge in [-0.05, 0) is 36.1 Å². The fraction of sp³-hybridized carbons (Fsp3) is 0.222. The number of non-ortho nitro benzene ring substituents is 1. The molecule has 0 N–H and O–H groups in total. The van der Waals surface area contributed by atoms with Crippen LogP contribution >= 0.6 is 0 Å². The molecule has 7 nitrogen and oxygen atoms in total. The normalized spacial score (nSPS) is 11.0. The summed E-state index contributed by atoms with van der Waals surface area (Å²) in [4.78, 5) is 10.1. The van der Waals surface area contributed by atoms with E-state index in [0.29, 0.717) is 18.4 Å². The number of nitro benzene ring substituents is 1. The molecule has 0 radical (unpaired) electrons. The molecule has 0 saturated heterocycles. The summed E-state index contributed by atoms with van der Waals surface area (Å²) >= 11 is 0. The lowest BCUT2D eigenvalue weighted by Crippen LogP contribution is -2.13. The molecule has 0 saturated carbocycles. The summed E-state index contributed by atoms with van der Waals surface area (Å²) in [7, 11) is -2.87. The van der Waals surface area contributed by atoms with Gasteiger partial charge in [0.1, 0.15) is 4.90 Å². The molecule has 0 heterocycles. The van der Waals surface area contributed by atoms with Crippen LogP contribution < -0.4 is 8.92 Å². The van der Waals surface area contributed by atoms with Crippen molar-refractivity contribution in [2.45, 2.75) is 24.7 Å². The van der Waals surface area contributed by atoms with Crippen molar-refractivity contribution in [1.29, 1.82) is 0 Å². The predicted octanol–water partition coefficient (Wildman–Crippen LogP) is 3.66. The second kappa shape index (κ2) is 8.01. The molecule has 2 aromatic carbocycles. The van der Waals surface area contributed by atoms with Crippen LogP contribution in [0.1, 0.15) is 18.1 Å². The molecular formula is C18H19NO6S. The molecule has 0 aliphatic heterocycles. The largest absolute Gasteiger partial charge is 0.493 e. The van der Waals surface area contributed by atoms with E-state index in [9.17, 15) is 18.5 Å². The van der Waals surface area contributed by atoms with E-state index >= 15 is 0 Å². The molecule has 2 rings (SSSR count). The Bertz CT molecular complexity index is 937. The van der Waals surface area contributed by atoms with Crippen molar-refractivity contribution in [2.75, 3.05) is 7.11 Å². The van der Waals surface area contributed by atoms with Crippen molar-refractivity contribution in [3.63, 3.8) is 0 Å². The van der Waals surface area contributed by atoms with Gasteiger partial charge in [0, 0.05) is 12.1 Å². The Labute approximate surface area is 152 Å². The molecule has 0 fully saturated rings. The van der Waals surface area contributed by atoms with Crippen molar-refractivity contribution >= 4 is 15.8 Å². The number of nitro groups is 1. The zero-order valence-corrected chi connectivity index (χ0v) is 15.3. The standard InChI is InChI=1S/C18H19NO6S/c1-4-6-13-7-10-16(17(11-13)24-3)25-26(22,23)18-12-15(19(20)21)9-8-14(18)5-2/h4,7-12H,1,5-6H2,2-3H3. The first-order valence-corrected chi connectivity index (χ1v) is 9.22. The minimum absolute atomic E-state index is 0.00821. The molecule has 0 spiro atoms. The van der Waals surface area contributed by atoms with Gasteiger partial charge in [-0.15, -0.1) is 6.58 Å². The Hall–Kier alpha value is -2.87. The first-order chi connectivity index (χ1) is 12.3. The molecule has 26 heavy (non-hydrogen) atoms. The Morgan fingerprint density at radius 1 is 1.19 bits per heavy atom. The van der Waals surface area contributed by atoms with E-state index in [0.717, 1.165) is 11.6 Å². The van der Waals surface area contributed by atoms with E-state index < -0.39 is 15.0 Å². The second-order valence-corrected chi connectivity index (χ2v) is 6.93. The third kappa shape index (κ3) is 4.20. The number of hydrogen-bond donors (Lipinski definition) is 0. The molecule has 0 aliphatic carbocycles. The average Bonchev–Trinajstić information content (AvgIpc) is 2.62. The van der Waals surface area contributed by atoms with Crippen LogP contribution in [0.5, 0.6) is 11.5 Å². The van der Waals surface area contributed by atoms with Gasteiger partial charge in [0.05, 0.1) is 12.0 Å². The summed E-state index contributed by atoms with van der Waals surface area (Å²) in [6, 6.07) is 8.52. The van der Waals surface area contributed by atoms with E-state index in [4.69, 9.17) is 8.92 Å². The SMILES string of the molecule is C=CCc1ccc(OS(=O)(=O)c2cc([N+](=O)[O-])ccc2CC)c(OC)c1. The predicted molar refractivity (Wildman–Crippen MR) is 97.2 cm³/mol. The molecule has 0 aromatic heterocycles. The fourth-order valence-corrected chi connectivity index (χ4v) is 3.68. The molecule has 138 valence electrons. The van der Waals surface area contributed by atoms with Crippen LogP contribution in [0.3, 0.4) is 0 Å². The van der Waals surface area contributed by atoms with Gasteiger partial charge >= 0.3 is 10.1 Å². The third-order valence-electron chi connectivity index (χ3n) is 3.72. The fourth-order valence-electron chi connectivity index (χ4n) is 2.42. The minimum Gasteiger partial charge on any atom is -0.493 e. The Balaban J connectivity index is 2.47. The number of ether oxygens (including phenoxy) is 1. The van der Waals surface area contributed by atoms with Crippen LogP contribution in [-0.4, -0.2) is 20.5 Å². The lowest BCUT2D eigenvalue weighted by Gasteiger charge is -2.13. The van der Waals surface area contributed by atoms with Crippen LogP contribution in [0.15, 0.2) is 53.9 Å². The summed E-state index contributed by atoms with van der Waals surface area (Å²) in [5.74, 6) is 0.255. The van der Waals surface area contributed by atoms with Crippen LogP contribution in [0.25, 0.3) is 0 Å². The van der Waals surface area contributed by atoms with Crippen LogP contribution in [-0.2, 0) is 23.0 Å². The molecule has 0 unspecified atom stereocenters. The quantitative estimate of drug-likeness (QED) is 0.301. The Morgan fingerprint density at radius 3 is 2.50 bits per heavy atom. The van der Waals surface area contributed by atoms with Gasteiger partial charge in [-0.25, -0.2) is 0 Å². The average molecular weight is 377 g/mol. The maximum absolute atomic E-state index is 12.7. The number of hydrogen-bond acceptors (Lipinski definition) is 6. The van der Waals surface area contributed by atoms with Crippen molar-refractivity contribution < 1.29 is 22.3 Å².